The van der Waals surface area contributed by atoms with E-state index >= 15 is 0 Å². The fourth-order valence-corrected chi connectivity index (χ4v) is 2.08. The summed E-state index contributed by atoms with van der Waals surface area (Å²) < 4.78 is 0. The number of rotatable bonds is 3. The Bertz CT molecular complexity index is 600. The number of benzene rings is 1. The number of carbonyl (C=O) groups is 3. The molecule has 1 atom stereocenters. The summed E-state index contributed by atoms with van der Waals surface area (Å²) in [4.78, 5) is 36.3. The van der Waals surface area contributed by atoms with Gasteiger partial charge in [0.05, 0.1) is 0 Å². The highest BCUT2D eigenvalue weighted by atomic mass is 16.2. The topological polar surface area (TPSA) is 66.5 Å². The van der Waals surface area contributed by atoms with E-state index in [0.717, 1.165) is 4.90 Å². The maximum atomic E-state index is 12.1. The molecule has 20 heavy (non-hydrogen) atoms. The largest absolute Gasteiger partial charge is 0.324 e. The van der Waals surface area contributed by atoms with Crippen LogP contribution in [0.25, 0.3) is 0 Å². The predicted octanol–water partition coefficient (Wildman–Crippen LogP) is 1.14. The summed E-state index contributed by atoms with van der Waals surface area (Å²) in [6, 6.07) is 5.98. The Morgan fingerprint density at radius 1 is 1.35 bits per heavy atom. The van der Waals surface area contributed by atoms with E-state index in [1.165, 1.54) is 6.92 Å². The summed E-state index contributed by atoms with van der Waals surface area (Å²) in [5.41, 5.74) is 1.18. The van der Waals surface area contributed by atoms with Crippen molar-refractivity contribution >= 4 is 23.4 Å². The highest BCUT2D eigenvalue weighted by molar-refractivity contribution is 6.07. The summed E-state index contributed by atoms with van der Waals surface area (Å²) in [5.74, 6) is 1.43. The molecular weight excluding hydrogens is 256 g/mol. The lowest BCUT2D eigenvalue weighted by molar-refractivity contribution is -0.144. The van der Waals surface area contributed by atoms with E-state index in [1.807, 2.05) is 0 Å². The minimum atomic E-state index is -0.827. The number of amides is 3. The Labute approximate surface area is 117 Å². The van der Waals surface area contributed by atoms with Crippen LogP contribution < -0.4 is 5.32 Å². The first kappa shape index (κ1) is 13.8. The number of hydrogen-bond acceptors (Lipinski definition) is 3. The summed E-state index contributed by atoms with van der Waals surface area (Å²) in [5, 5.41) is 2.65. The number of likely N-dealkylation sites (tertiary alicyclic amines) is 1. The minimum absolute atomic E-state index is 0.170. The molecule has 0 aliphatic carbocycles. The molecule has 1 unspecified atom stereocenters. The summed E-state index contributed by atoms with van der Waals surface area (Å²) in [7, 11) is 0. The number of nitrogens with zero attached hydrogens (tertiary/aromatic N) is 1. The second kappa shape index (κ2) is 5.57. The van der Waals surface area contributed by atoms with Crippen LogP contribution in [-0.4, -0.2) is 28.7 Å². The molecule has 1 aromatic rings. The van der Waals surface area contributed by atoms with Crippen LogP contribution in [0.4, 0.5) is 5.69 Å². The third-order valence-corrected chi connectivity index (χ3v) is 3.15. The molecule has 1 fully saturated rings. The van der Waals surface area contributed by atoms with E-state index < -0.39 is 11.9 Å². The van der Waals surface area contributed by atoms with Crippen molar-refractivity contribution in [3.05, 3.63) is 29.8 Å². The van der Waals surface area contributed by atoms with E-state index in [-0.39, 0.29) is 24.7 Å². The van der Waals surface area contributed by atoms with Crippen molar-refractivity contribution < 1.29 is 14.4 Å². The zero-order valence-electron chi connectivity index (χ0n) is 11.1. The predicted molar refractivity (Wildman–Crippen MR) is 73.6 cm³/mol. The van der Waals surface area contributed by atoms with Gasteiger partial charge in [0, 0.05) is 24.1 Å². The van der Waals surface area contributed by atoms with Gasteiger partial charge in [-0.1, -0.05) is 12.0 Å². The molecular formula is C15H14N2O3. The fraction of sp³-hybridized carbons (Fsp3) is 0.267. The highest BCUT2D eigenvalue weighted by Gasteiger charge is 2.36. The number of hydrogen-bond donors (Lipinski definition) is 1. The van der Waals surface area contributed by atoms with Crippen molar-refractivity contribution in [2.45, 2.75) is 25.8 Å². The average Bonchev–Trinajstić information content (AvgIpc) is 2.77. The molecule has 2 rings (SSSR count). The molecule has 0 bridgehead atoms. The van der Waals surface area contributed by atoms with E-state index in [2.05, 4.69) is 11.2 Å². The molecule has 1 aliphatic rings. The van der Waals surface area contributed by atoms with Crippen LogP contribution >= 0.6 is 0 Å². The standard InChI is InChI=1S/C15H14N2O3/c1-3-11-5-4-6-12(9-11)16-15(20)10(2)17-13(18)7-8-14(17)19/h1,4-6,9-10H,7-8H2,2H3,(H,16,20). The maximum absolute atomic E-state index is 12.1. The Morgan fingerprint density at radius 2 is 2.00 bits per heavy atom. The van der Waals surface area contributed by atoms with Gasteiger partial charge >= 0.3 is 0 Å². The number of terminal acetylenes is 1. The molecule has 0 spiro atoms. The second-order valence-electron chi connectivity index (χ2n) is 4.55. The second-order valence-corrected chi connectivity index (χ2v) is 4.55. The van der Waals surface area contributed by atoms with E-state index in [9.17, 15) is 14.4 Å². The third-order valence-electron chi connectivity index (χ3n) is 3.15. The summed E-state index contributed by atoms with van der Waals surface area (Å²) >= 11 is 0. The van der Waals surface area contributed by atoms with E-state index in [1.54, 1.807) is 24.3 Å². The Kier molecular flexibility index (Phi) is 3.85. The zero-order chi connectivity index (χ0) is 14.7. The average molecular weight is 270 g/mol. The quantitative estimate of drug-likeness (QED) is 0.661. The first-order chi connectivity index (χ1) is 9.52. The molecule has 3 amide bonds. The van der Waals surface area contributed by atoms with Gasteiger partial charge in [0.2, 0.25) is 17.7 Å². The maximum Gasteiger partial charge on any atom is 0.247 e. The zero-order valence-corrected chi connectivity index (χ0v) is 11.1. The van der Waals surface area contributed by atoms with Crippen LogP contribution in [0, 0.1) is 12.3 Å². The van der Waals surface area contributed by atoms with Gasteiger partial charge in [-0.3, -0.25) is 19.3 Å². The lowest BCUT2D eigenvalue weighted by Crippen LogP contribution is -2.44. The van der Waals surface area contributed by atoms with Crippen molar-refractivity contribution in [2.75, 3.05) is 5.32 Å². The summed E-state index contributed by atoms with van der Waals surface area (Å²) in [6.45, 7) is 1.53. The van der Waals surface area contributed by atoms with Crippen LogP contribution in [0.15, 0.2) is 24.3 Å². The lowest BCUT2D eigenvalue weighted by Gasteiger charge is -2.21. The molecule has 1 saturated heterocycles. The van der Waals surface area contributed by atoms with Gasteiger partial charge in [0.25, 0.3) is 0 Å². The molecule has 0 aromatic heterocycles. The van der Waals surface area contributed by atoms with E-state index in [0.29, 0.717) is 11.3 Å². The van der Waals surface area contributed by atoms with Crippen molar-refractivity contribution in [3.63, 3.8) is 0 Å². The van der Waals surface area contributed by atoms with Crippen LogP contribution in [-0.2, 0) is 14.4 Å². The fourth-order valence-electron chi connectivity index (χ4n) is 2.08. The summed E-state index contributed by atoms with van der Waals surface area (Å²) in [6.07, 6.45) is 5.62. The van der Waals surface area contributed by atoms with Crippen LogP contribution in [0.1, 0.15) is 25.3 Å². The third kappa shape index (κ3) is 2.69. The van der Waals surface area contributed by atoms with Crippen molar-refractivity contribution in [3.8, 4) is 12.3 Å². The first-order valence-corrected chi connectivity index (χ1v) is 6.25. The number of nitrogens with one attached hydrogen (secondary N) is 1. The molecule has 0 radical (unpaired) electrons. The Morgan fingerprint density at radius 3 is 2.60 bits per heavy atom. The number of imide groups is 1. The molecule has 1 aromatic carbocycles. The molecule has 102 valence electrons. The molecule has 1 aliphatic heterocycles. The van der Waals surface area contributed by atoms with Gasteiger partial charge in [-0.25, -0.2) is 0 Å². The van der Waals surface area contributed by atoms with Crippen LogP contribution in [0.3, 0.4) is 0 Å². The SMILES string of the molecule is C#Cc1cccc(NC(=O)C(C)N2C(=O)CCC2=O)c1. The normalized spacial score (nSPS) is 15.9. The minimum Gasteiger partial charge on any atom is -0.324 e. The van der Waals surface area contributed by atoms with Gasteiger partial charge in [-0.15, -0.1) is 6.42 Å². The van der Waals surface area contributed by atoms with Crippen LogP contribution in [0.2, 0.25) is 0 Å². The van der Waals surface area contributed by atoms with Gasteiger partial charge in [0.15, 0.2) is 0 Å². The molecule has 5 heteroatoms. The Hall–Kier alpha value is -2.61. The highest BCUT2D eigenvalue weighted by Crippen LogP contribution is 2.17. The van der Waals surface area contributed by atoms with Crippen molar-refractivity contribution in [1.82, 2.24) is 4.90 Å². The van der Waals surface area contributed by atoms with Gasteiger partial charge in [-0.2, -0.15) is 0 Å². The number of anilines is 1. The van der Waals surface area contributed by atoms with E-state index in [4.69, 9.17) is 6.42 Å². The Balaban J connectivity index is 2.10. The lowest BCUT2D eigenvalue weighted by atomic mass is 10.2. The molecule has 1 heterocycles. The van der Waals surface area contributed by atoms with Crippen LogP contribution in [0.5, 0.6) is 0 Å². The van der Waals surface area contributed by atoms with Crippen molar-refractivity contribution in [1.29, 1.82) is 0 Å². The molecule has 1 N–H and O–H groups in total. The molecule has 0 saturated carbocycles. The first-order valence-electron chi connectivity index (χ1n) is 6.25. The van der Waals surface area contributed by atoms with Crippen molar-refractivity contribution in [2.24, 2.45) is 0 Å². The van der Waals surface area contributed by atoms with Gasteiger partial charge in [0.1, 0.15) is 6.04 Å². The van der Waals surface area contributed by atoms with Gasteiger partial charge in [-0.05, 0) is 25.1 Å². The van der Waals surface area contributed by atoms with Gasteiger partial charge < -0.3 is 5.32 Å². The number of carbonyl (C=O) groups excluding carboxylic acids is 3. The molecule has 5 nitrogen and oxygen atoms in total. The monoisotopic (exact) mass is 270 g/mol. The smallest absolute Gasteiger partial charge is 0.247 e.